The van der Waals surface area contributed by atoms with Crippen molar-refractivity contribution in [1.29, 1.82) is 0 Å². The van der Waals surface area contributed by atoms with Crippen molar-refractivity contribution in [3.63, 3.8) is 0 Å². The molecule has 0 radical (unpaired) electrons. The SMILES string of the molecule is CCn1ccc2c(CN(C)C(=O)C=Cc3cnc4c(c3)CCC(=O)N4)cccc21. The molecule has 3 heterocycles. The summed E-state index contributed by atoms with van der Waals surface area (Å²) in [6.45, 7) is 3.59. The number of nitrogens with zero attached hydrogens (tertiary/aromatic N) is 3. The molecule has 3 aromatic rings. The van der Waals surface area contributed by atoms with Crippen molar-refractivity contribution in [2.45, 2.75) is 32.9 Å². The molecule has 0 bridgehead atoms. The lowest BCUT2D eigenvalue weighted by Crippen LogP contribution is -2.24. The van der Waals surface area contributed by atoms with Crippen LogP contribution in [0.25, 0.3) is 17.0 Å². The molecule has 2 aromatic heterocycles. The second kappa shape index (κ2) is 7.91. The number of hydrogen-bond acceptors (Lipinski definition) is 3. The van der Waals surface area contributed by atoms with Crippen molar-refractivity contribution in [3.8, 4) is 0 Å². The number of likely N-dealkylation sites (N-methyl/N-ethyl adjacent to an activating group) is 1. The molecular formula is C23H24N4O2. The molecule has 0 spiro atoms. The number of aryl methyl sites for hydroxylation is 2. The molecule has 6 heteroatoms. The number of amides is 2. The first-order valence-electron chi connectivity index (χ1n) is 9.84. The summed E-state index contributed by atoms with van der Waals surface area (Å²) in [4.78, 5) is 30.0. The highest BCUT2D eigenvalue weighted by atomic mass is 16.2. The third-order valence-corrected chi connectivity index (χ3v) is 5.31. The first-order valence-corrected chi connectivity index (χ1v) is 9.84. The highest BCUT2D eigenvalue weighted by molar-refractivity contribution is 5.94. The molecule has 1 aromatic carbocycles. The number of aromatic nitrogens is 2. The van der Waals surface area contributed by atoms with Crippen molar-refractivity contribution >= 4 is 34.6 Å². The molecule has 148 valence electrons. The number of benzene rings is 1. The van der Waals surface area contributed by atoms with E-state index in [0.29, 0.717) is 25.2 Å². The van der Waals surface area contributed by atoms with Crippen LogP contribution in [0.15, 0.2) is 48.8 Å². The lowest BCUT2D eigenvalue weighted by atomic mass is 10.0. The van der Waals surface area contributed by atoms with Crippen molar-refractivity contribution < 1.29 is 9.59 Å². The van der Waals surface area contributed by atoms with Crippen molar-refractivity contribution in [1.82, 2.24) is 14.5 Å². The van der Waals surface area contributed by atoms with Crippen LogP contribution in [0.3, 0.4) is 0 Å². The van der Waals surface area contributed by atoms with Gasteiger partial charge >= 0.3 is 0 Å². The number of carbonyl (C=O) groups excluding carboxylic acids is 2. The zero-order valence-electron chi connectivity index (χ0n) is 16.7. The van der Waals surface area contributed by atoms with Crippen molar-refractivity contribution in [2.75, 3.05) is 12.4 Å². The van der Waals surface area contributed by atoms with E-state index in [-0.39, 0.29) is 11.8 Å². The minimum absolute atomic E-state index is 0.00519. The van der Waals surface area contributed by atoms with Crippen LogP contribution in [-0.4, -0.2) is 33.3 Å². The Morgan fingerprint density at radius 1 is 1.31 bits per heavy atom. The molecule has 0 saturated heterocycles. The van der Waals surface area contributed by atoms with Crippen LogP contribution in [0.4, 0.5) is 5.82 Å². The molecule has 1 N–H and O–H groups in total. The lowest BCUT2D eigenvalue weighted by molar-refractivity contribution is -0.125. The fourth-order valence-electron chi connectivity index (χ4n) is 3.69. The van der Waals surface area contributed by atoms with Crippen LogP contribution in [0.5, 0.6) is 0 Å². The second-order valence-corrected chi connectivity index (χ2v) is 7.30. The maximum atomic E-state index is 12.6. The molecule has 0 unspecified atom stereocenters. The Bertz CT molecular complexity index is 1110. The minimum atomic E-state index is -0.0667. The molecule has 29 heavy (non-hydrogen) atoms. The van der Waals surface area contributed by atoms with Gasteiger partial charge in [0.15, 0.2) is 0 Å². The number of nitrogens with one attached hydrogen (secondary N) is 1. The Morgan fingerprint density at radius 2 is 2.17 bits per heavy atom. The molecule has 4 rings (SSSR count). The minimum Gasteiger partial charge on any atom is -0.348 e. The summed E-state index contributed by atoms with van der Waals surface area (Å²) in [6.07, 6.45) is 8.24. The van der Waals surface area contributed by atoms with Gasteiger partial charge in [-0.25, -0.2) is 4.98 Å². The van der Waals surface area contributed by atoms with Crippen LogP contribution in [0, 0.1) is 0 Å². The molecule has 0 atom stereocenters. The Hall–Kier alpha value is -3.41. The summed E-state index contributed by atoms with van der Waals surface area (Å²) in [7, 11) is 1.81. The summed E-state index contributed by atoms with van der Waals surface area (Å²) >= 11 is 0. The molecule has 6 nitrogen and oxygen atoms in total. The smallest absolute Gasteiger partial charge is 0.246 e. The first kappa shape index (κ1) is 18.9. The van der Waals surface area contributed by atoms with Crippen molar-refractivity contribution in [2.24, 2.45) is 0 Å². The fourth-order valence-corrected chi connectivity index (χ4v) is 3.69. The average molecular weight is 388 g/mol. The largest absolute Gasteiger partial charge is 0.348 e. The predicted octanol–water partition coefficient (Wildman–Crippen LogP) is 3.61. The molecule has 0 fully saturated rings. The maximum Gasteiger partial charge on any atom is 0.246 e. The van der Waals surface area contributed by atoms with E-state index in [4.69, 9.17) is 0 Å². The number of anilines is 1. The number of carbonyl (C=O) groups is 2. The monoisotopic (exact) mass is 388 g/mol. The zero-order valence-corrected chi connectivity index (χ0v) is 16.7. The van der Waals surface area contributed by atoms with Crippen LogP contribution in [0.2, 0.25) is 0 Å². The molecule has 0 aliphatic carbocycles. The van der Waals surface area contributed by atoms with Crippen LogP contribution in [-0.2, 0) is 29.1 Å². The summed E-state index contributed by atoms with van der Waals surface area (Å²) in [5, 5.41) is 3.95. The second-order valence-electron chi connectivity index (χ2n) is 7.30. The highest BCUT2D eigenvalue weighted by Gasteiger charge is 2.16. The number of rotatable bonds is 5. The van der Waals surface area contributed by atoms with Crippen LogP contribution in [0.1, 0.15) is 30.0 Å². The zero-order chi connectivity index (χ0) is 20.4. The predicted molar refractivity (Wildman–Crippen MR) is 114 cm³/mol. The van der Waals surface area contributed by atoms with E-state index in [2.05, 4.69) is 46.2 Å². The van der Waals surface area contributed by atoms with Gasteiger partial charge in [0.25, 0.3) is 0 Å². The van der Waals surface area contributed by atoms with E-state index in [1.807, 2.05) is 19.2 Å². The Balaban J connectivity index is 1.46. The van der Waals surface area contributed by atoms with E-state index >= 15 is 0 Å². The molecule has 1 aliphatic rings. The van der Waals surface area contributed by atoms with Gasteiger partial charge in [-0.2, -0.15) is 0 Å². The first-order chi connectivity index (χ1) is 14.0. The Morgan fingerprint density at radius 3 is 3.00 bits per heavy atom. The molecule has 1 aliphatic heterocycles. The number of hydrogen-bond donors (Lipinski definition) is 1. The summed E-state index contributed by atoms with van der Waals surface area (Å²) in [5.74, 6) is 0.548. The van der Waals surface area contributed by atoms with Gasteiger partial charge < -0.3 is 14.8 Å². The quantitative estimate of drug-likeness (QED) is 0.679. The van der Waals surface area contributed by atoms with Gasteiger partial charge in [-0.3, -0.25) is 9.59 Å². The Labute approximate surface area is 169 Å². The van der Waals surface area contributed by atoms with E-state index < -0.39 is 0 Å². The van der Waals surface area contributed by atoms with Gasteiger partial charge in [0.05, 0.1) is 0 Å². The standard InChI is InChI=1S/C23H24N4O2/c1-3-27-12-11-19-18(5-4-6-20(19)27)15-26(2)22(29)10-7-16-13-17-8-9-21(28)25-23(17)24-14-16/h4-7,10-14H,3,8-9,15H2,1-2H3,(H,24,25,28). The van der Waals surface area contributed by atoms with Gasteiger partial charge in [0.1, 0.15) is 5.82 Å². The maximum absolute atomic E-state index is 12.6. The summed E-state index contributed by atoms with van der Waals surface area (Å²) < 4.78 is 2.20. The summed E-state index contributed by atoms with van der Waals surface area (Å²) in [6, 6.07) is 10.3. The molecule has 2 amide bonds. The van der Waals surface area contributed by atoms with Gasteiger partial charge in [0, 0.05) is 55.9 Å². The third-order valence-electron chi connectivity index (χ3n) is 5.31. The third kappa shape index (κ3) is 3.92. The summed E-state index contributed by atoms with van der Waals surface area (Å²) in [5.41, 5.74) is 4.17. The average Bonchev–Trinajstić information content (AvgIpc) is 3.16. The topological polar surface area (TPSA) is 67.2 Å². The molecule has 0 saturated carbocycles. The van der Waals surface area contributed by atoms with Gasteiger partial charge in [-0.1, -0.05) is 12.1 Å². The van der Waals surface area contributed by atoms with E-state index in [0.717, 1.165) is 23.2 Å². The van der Waals surface area contributed by atoms with E-state index in [1.54, 1.807) is 23.2 Å². The Kier molecular flexibility index (Phi) is 5.16. The van der Waals surface area contributed by atoms with E-state index in [1.165, 1.54) is 10.9 Å². The molecular weight excluding hydrogens is 364 g/mol. The van der Waals surface area contributed by atoms with E-state index in [9.17, 15) is 9.59 Å². The number of fused-ring (bicyclic) bond motifs is 2. The van der Waals surface area contributed by atoms with Gasteiger partial charge in [-0.05, 0) is 54.3 Å². The fraction of sp³-hybridized carbons (Fsp3) is 0.261. The van der Waals surface area contributed by atoms with Gasteiger partial charge in [0.2, 0.25) is 11.8 Å². The normalized spacial score (nSPS) is 13.5. The van der Waals surface area contributed by atoms with Gasteiger partial charge in [-0.15, -0.1) is 0 Å². The van der Waals surface area contributed by atoms with Crippen LogP contribution < -0.4 is 5.32 Å². The van der Waals surface area contributed by atoms with Crippen LogP contribution >= 0.6 is 0 Å². The highest BCUT2D eigenvalue weighted by Crippen LogP contribution is 2.23. The van der Waals surface area contributed by atoms with Crippen molar-refractivity contribution in [3.05, 3.63) is 65.5 Å². The lowest BCUT2D eigenvalue weighted by Gasteiger charge is -2.17. The number of pyridine rings is 1.